The maximum absolute atomic E-state index is 5.92. The molecule has 0 radical (unpaired) electrons. The van der Waals surface area contributed by atoms with Gasteiger partial charge in [0, 0.05) is 23.9 Å². The van der Waals surface area contributed by atoms with Gasteiger partial charge in [-0.3, -0.25) is 0 Å². The van der Waals surface area contributed by atoms with Crippen molar-refractivity contribution in [2.24, 2.45) is 0 Å². The lowest BCUT2D eigenvalue weighted by atomic mass is 9.81. The normalized spacial score (nSPS) is 30.5. The maximum atomic E-state index is 5.92. The molecule has 0 spiro atoms. The van der Waals surface area contributed by atoms with Gasteiger partial charge in [-0.25, -0.2) is 4.98 Å². The van der Waals surface area contributed by atoms with E-state index in [9.17, 15) is 0 Å². The van der Waals surface area contributed by atoms with E-state index in [0.717, 1.165) is 19.4 Å². The fraction of sp³-hybridized carbons (Fsp3) is 0.800. The topological polar surface area (TPSA) is 34.2 Å². The van der Waals surface area contributed by atoms with Crippen LogP contribution < -0.4 is 5.32 Å². The van der Waals surface area contributed by atoms with Gasteiger partial charge in [0.2, 0.25) is 0 Å². The van der Waals surface area contributed by atoms with E-state index >= 15 is 0 Å². The molecule has 1 aliphatic carbocycles. The van der Waals surface area contributed by atoms with Crippen LogP contribution in [0.15, 0.2) is 0 Å². The average Bonchev–Trinajstić information content (AvgIpc) is 3.03. The third-order valence-electron chi connectivity index (χ3n) is 4.24. The van der Waals surface area contributed by atoms with Crippen LogP contribution in [0.25, 0.3) is 0 Å². The van der Waals surface area contributed by atoms with E-state index in [1.165, 1.54) is 28.4 Å². The zero-order chi connectivity index (χ0) is 13.7. The highest BCUT2D eigenvalue weighted by molar-refractivity contribution is 7.11. The van der Waals surface area contributed by atoms with Crippen molar-refractivity contribution in [3.63, 3.8) is 0 Å². The minimum absolute atomic E-state index is 0.0343. The van der Waals surface area contributed by atoms with Gasteiger partial charge >= 0.3 is 0 Å². The van der Waals surface area contributed by atoms with Crippen LogP contribution in [-0.2, 0) is 10.3 Å². The van der Waals surface area contributed by atoms with Gasteiger partial charge in [-0.15, -0.1) is 11.3 Å². The van der Waals surface area contributed by atoms with E-state index < -0.39 is 0 Å². The molecule has 4 heteroatoms. The van der Waals surface area contributed by atoms with Gasteiger partial charge < -0.3 is 10.1 Å². The largest absolute Gasteiger partial charge is 0.375 e. The second-order valence-electron chi connectivity index (χ2n) is 6.70. The zero-order valence-electron chi connectivity index (χ0n) is 12.4. The van der Waals surface area contributed by atoms with Crippen LogP contribution in [0.5, 0.6) is 0 Å². The average molecular weight is 280 g/mol. The number of rotatable bonds is 3. The van der Waals surface area contributed by atoms with Crippen LogP contribution in [0, 0.1) is 13.8 Å². The Hall–Kier alpha value is -0.450. The number of hydrogen-bond acceptors (Lipinski definition) is 4. The molecular weight excluding hydrogens is 256 g/mol. The van der Waals surface area contributed by atoms with Crippen molar-refractivity contribution >= 4 is 11.3 Å². The lowest BCUT2D eigenvalue weighted by Gasteiger charge is -2.44. The van der Waals surface area contributed by atoms with Crippen molar-refractivity contribution in [2.45, 2.75) is 70.6 Å². The molecule has 1 unspecified atom stereocenters. The highest BCUT2D eigenvalue weighted by Crippen LogP contribution is 2.43. The molecule has 0 aromatic carbocycles. The first kappa shape index (κ1) is 13.5. The van der Waals surface area contributed by atoms with Crippen molar-refractivity contribution in [3.8, 4) is 0 Å². The van der Waals surface area contributed by atoms with Crippen molar-refractivity contribution in [2.75, 3.05) is 6.61 Å². The van der Waals surface area contributed by atoms with Crippen LogP contribution in [0.3, 0.4) is 0 Å². The van der Waals surface area contributed by atoms with Crippen LogP contribution >= 0.6 is 11.3 Å². The van der Waals surface area contributed by atoms with Crippen LogP contribution in [-0.4, -0.2) is 23.2 Å². The summed E-state index contributed by atoms with van der Waals surface area (Å²) in [6.45, 7) is 9.51. The molecule has 3 rings (SSSR count). The van der Waals surface area contributed by atoms with E-state index in [-0.39, 0.29) is 11.1 Å². The van der Waals surface area contributed by atoms with E-state index in [1.54, 1.807) is 0 Å². The van der Waals surface area contributed by atoms with Gasteiger partial charge in [-0.1, -0.05) is 0 Å². The highest BCUT2D eigenvalue weighted by Gasteiger charge is 2.46. The third kappa shape index (κ3) is 2.71. The molecule has 0 bridgehead atoms. The number of nitrogens with zero attached hydrogens (tertiary/aromatic N) is 1. The standard InChI is InChI=1S/C15H24N2OS/c1-10-11(2)19-13(16-10)15(17-12-5-6-12)7-8-18-14(3,4)9-15/h12,17H,5-9H2,1-4H3. The molecule has 2 heterocycles. The van der Waals surface area contributed by atoms with Crippen molar-refractivity contribution in [3.05, 3.63) is 15.6 Å². The molecule has 1 N–H and O–H groups in total. The Kier molecular flexibility index (Phi) is 3.23. The van der Waals surface area contributed by atoms with Gasteiger partial charge in [0.1, 0.15) is 5.01 Å². The van der Waals surface area contributed by atoms with Gasteiger partial charge in [0.15, 0.2) is 0 Å². The van der Waals surface area contributed by atoms with Crippen molar-refractivity contribution < 1.29 is 4.74 Å². The first-order valence-corrected chi connectivity index (χ1v) is 8.08. The Balaban J connectivity index is 1.95. The molecule has 1 aromatic rings. The molecule has 3 nitrogen and oxygen atoms in total. The van der Waals surface area contributed by atoms with E-state index in [0.29, 0.717) is 6.04 Å². The molecule has 1 aliphatic heterocycles. The molecular formula is C15H24N2OS. The molecule has 2 aliphatic rings. The van der Waals surface area contributed by atoms with E-state index in [1.807, 2.05) is 11.3 Å². The van der Waals surface area contributed by atoms with E-state index in [4.69, 9.17) is 9.72 Å². The molecule has 106 valence electrons. The maximum Gasteiger partial charge on any atom is 0.113 e. The number of nitrogens with one attached hydrogen (secondary N) is 1. The fourth-order valence-corrected chi connectivity index (χ4v) is 4.13. The van der Waals surface area contributed by atoms with Crippen LogP contribution in [0.2, 0.25) is 0 Å². The Morgan fingerprint density at radius 2 is 2.05 bits per heavy atom. The smallest absolute Gasteiger partial charge is 0.113 e. The molecule has 1 saturated heterocycles. The number of thiazole rings is 1. The van der Waals surface area contributed by atoms with Crippen molar-refractivity contribution in [1.82, 2.24) is 10.3 Å². The minimum Gasteiger partial charge on any atom is -0.375 e. The van der Waals surface area contributed by atoms with Gasteiger partial charge in [-0.05, 0) is 47.0 Å². The molecule has 19 heavy (non-hydrogen) atoms. The summed E-state index contributed by atoms with van der Waals surface area (Å²) in [5.74, 6) is 0. The third-order valence-corrected chi connectivity index (χ3v) is 5.52. The van der Waals surface area contributed by atoms with Gasteiger partial charge in [0.25, 0.3) is 0 Å². The summed E-state index contributed by atoms with van der Waals surface area (Å²) in [5.41, 5.74) is 1.15. The summed E-state index contributed by atoms with van der Waals surface area (Å²) in [6.07, 6.45) is 4.68. The predicted octanol–water partition coefficient (Wildman–Crippen LogP) is 3.30. The van der Waals surface area contributed by atoms with E-state index in [2.05, 4.69) is 33.0 Å². The minimum atomic E-state index is -0.0619. The Morgan fingerprint density at radius 3 is 2.58 bits per heavy atom. The quantitative estimate of drug-likeness (QED) is 0.922. The number of ether oxygens (including phenoxy) is 1. The molecule has 1 saturated carbocycles. The number of aryl methyl sites for hydroxylation is 2. The predicted molar refractivity (Wildman–Crippen MR) is 78.7 cm³/mol. The van der Waals surface area contributed by atoms with Crippen molar-refractivity contribution in [1.29, 1.82) is 0 Å². The fourth-order valence-electron chi connectivity index (χ4n) is 3.03. The first-order valence-electron chi connectivity index (χ1n) is 7.26. The zero-order valence-corrected chi connectivity index (χ0v) is 13.2. The van der Waals surface area contributed by atoms with Crippen LogP contribution in [0.1, 0.15) is 55.1 Å². The van der Waals surface area contributed by atoms with Crippen LogP contribution in [0.4, 0.5) is 0 Å². The number of hydrogen-bond donors (Lipinski definition) is 1. The van der Waals surface area contributed by atoms with Gasteiger partial charge in [0.05, 0.1) is 16.8 Å². The number of aromatic nitrogens is 1. The lowest BCUT2D eigenvalue weighted by molar-refractivity contribution is -0.0903. The second-order valence-corrected chi connectivity index (χ2v) is 7.90. The Morgan fingerprint density at radius 1 is 1.32 bits per heavy atom. The second kappa shape index (κ2) is 4.54. The van der Waals surface area contributed by atoms with Gasteiger partial charge in [-0.2, -0.15) is 0 Å². The summed E-state index contributed by atoms with van der Waals surface area (Å²) < 4.78 is 5.92. The SMILES string of the molecule is Cc1nc(C2(NC3CC3)CCOC(C)(C)C2)sc1C. The monoisotopic (exact) mass is 280 g/mol. The summed E-state index contributed by atoms with van der Waals surface area (Å²) in [6, 6.07) is 0.693. The molecule has 2 fully saturated rings. The highest BCUT2D eigenvalue weighted by atomic mass is 32.1. The molecule has 0 amide bonds. The summed E-state index contributed by atoms with van der Waals surface area (Å²) >= 11 is 1.86. The summed E-state index contributed by atoms with van der Waals surface area (Å²) in [4.78, 5) is 6.20. The molecule has 1 atom stereocenters. The first-order chi connectivity index (χ1) is 8.90. The summed E-state index contributed by atoms with van der Waals surface area (Å²) in [5, 5.41) is 5.16. The Bertz CT molecular complexity index is 459. The molecule has 1 aromatic heterocycles. The Labute approximate surface area is 119 Å². The summed E-state index contributed by atoms with van der Waals surface area (Å²) in [7, 11) is 0. The lowest BCUT2D eigenvalue weighted by Crippen LogP contribution is -2.53.